The maximum Gasteiger partial charge on any atom is 0.211 e. The van der Waals surface area contributed by atoms with Crippen molar-refractivity contribution in [1.82, 2.24) is 9.21 Å². The van der Waals surface area contributed by atoms with Gasteiger partial charge in [0.1, 0.15) is 0 Å². The van der Waals surface area contributed by atoms with E-state index in [1.165, 1.54) is 17.5 Å². The molecule has 21 heavy (non-hydrogen) atoms. The quantitative estimate of drug-likeness (QED) is 0.910. The van der Waals surface area contributed by atoms with E-state index in [4.69, 9.17) is 0 Å². The Bertz CT molecular complexity index is 595. The molecule has 1 atom stereocenters. The van der Waals surface area contributed by atoms with Crippen molar-refractivity contribution >= 4 is 15.7 Å². The number of para-hydroxylation sites is 1. The number of benzene rings is 1. The molecule has 1 aromatic rings. The summed E-state index contributed by atoms with van der Waals surface area (Å²) in [6.07, 6.45) is 2.44. The van der Waals surface area contributed by atoms with Crippen LogP contribution in [0.3, 0.4) is 0 Å². The van der Waals surface area contributed by atoms with Gasteiger partial charge < -0.3 is 10.2 Å². The third kappa shape index (κ3) is 3.39. The molecule has 116 valence electrons. The van der Waals surface area contributed by atoms with Gasteiger partial charge >= 0.3 is 0 Å². The molecule has 2 aliphatic rings. The molecule has 5 nitrogen and oxygen atoms in total. The van der Waals surface area contributed by atoms with Gasteiger partial charge in [-0.2, -0.15) is 4.31 Å². The molecule has 3 rings (SSSR count). The Kier molecular flexibility index (Phi) is 4.19. The summed E-state index contributed by atoms with van der Waals surface area (Å²) in [7, 11) is -3.03. The molecule has 0 bridgehead atoms. The minimum Gasteiger partial charge on any atom is -0.385 e. The van der Waals surface area contributed by atoms with Gasteiger partial charge in [0.15, 0.2) is 0 Å². The predicted octanol–water partition coefficient (Wildman–Crippen LogP) is 1.16. The Balaban J connectivity index is 1.62. The average molecular weight is 309 g/mol. The average Bonchev–Trinajstić information content (AvgIpc) is 2.47. The van der Waals surface area contributed by atoms with Gasteiger partial charge in [-0.3, -0.25) is 0 Å². The Labute approximate surface area is 127 Å². The van der Waals surface area contributed by atoms with Crippen molar-refractivity contribution < 1.29 is 8.42 Å². The molecule has 1 saturated heterocycles. The van der Waals surface area contributed by atoms with Crippen molar-refractivity contribution in [3.8, 4) is 0 Å². The molecule has 0 amide bonds. The van der Waals surface area contributed by atoms with Crippen LogP contribution in [0.5, 0.6) is 0 Å². The Morgan fingerprint density at radius 3 is 2.62 bits per heavy atom. The van der Waals surface area contributed by atoms with Crippen LogP contribution in [0.25, 0.3) is 0 Å². The van der Waals surface area contributed by atoms with Crippen molar-refractivity contribution in [3.05, 3.63) is 29.8 Å². The molecule has 0 aromatic heterocycles. The van der Waals surface area contributed by atoms with Crippen LogP contribution < -0.4 is 5.32 Å². The van der Waals surface area contributed by atoms with Gasteiger partial charge in [-0.05, 0) is 18.1 Å². The predicted molar refractivity (Wildman–Crippen MR) is 85.1 cm³/mol. The SMILES string of the molecule is CS(=O)(=O)N1CCN(CC2CCNc3ccccc32)CC1. The van der Waals surface area contributed by atoms with E-state index in [-0.39, 0.29) is 0 Å². The molecule has 1 fully saturated rings. The normalized spacial score (nSPS) is 24.3. The highest BCUT2D eigenvalue weighted by Gasteiger charge is 2.27. The first-order valence-electron chi connectivity index (χ1n) is 7.54. The number of rotatable bonds is 3. The topological polar surface area (TPSA) is 52.7 Å². The van der Waals surface area contributed by atoms with E-state index < -0.39 is 10.0 Å². The van der Waals surface area contributed by atoms with E-state index in [1.54, 1.807) is 4.31 Å². The van der Waals surface area contributed by atoms with Crippen molar-refractivity contribution in [1.29, 1.82) is 0 Å². The lowest BCUT2D eigenvalue weighted by Crippen LogP contribution is -2.49. The van der Waals surface area contributed by atoms with Crippen molar-refractivity contribution in [2.75, 3.05) is 50.8 Å². The lowest BCUT2D eigenvalue weighted by Gasteiger charge is -2.37. The summed E-state index contributed by atoms with van der Waals surface area (Å²) in [6.45, 7) is 4.94. The van der Waals surface area contributed by atoms with E-state index >= 15 is 0 Å². The highest BCUT2D eigenvalue weighted by atomic mass is 32.2. The zero-order valence-corrected chi connectivity index (χ0v) is 13.3. The van der Waals surface area contributed by atoms with Crippen LogP contribution >= 0.6 is 0 Å². The van der Waals surface area contributed by atoms with Gasteiger partial charge in [0, 0.05) is 50.9 Å². The van der Waals surface area contributed by atoms with Gasteiger partial charge in [-0.1, -0.05) is 18.2 Å². The third-order valence-electron chi connectivity index (χ3n) is 4.49. The highest BCUT2D eigenvalue weighted by molar-refractivity contribution is 7.88. The highest BCUT2D eigenvalue weighted by Crippen LogP contribution is 2.32. The summed E-state index contributed by atoms with van der Waals surface area (Å²) in [4.78, 5) is 2.40. The monoisotopic (exact) mass is 309 g/mol. The zero-order valence-electron chi connectivity index (χ0n) is 12.5. The first-order valence-corrected chi connectivity index (χ1v) is 9.39. The number of fused-ring (bicyclic) bond motifs is 1. The van der Waals surface area contributed by atoms with Crippen LogP contribution in [0.15, 0.2) is 24.3 Å². The smallest absolute Gasteiger partial charge is 0.211 e. The minimum atomic E-state index is -3.03. The molecule has 2 heterocycles. The minimum absolute atomic E-state index is 0.548. The Hall–Kier alpha value is -1.11. The lowest BCUT2D eigenvalue weighted by atomic mass is 9.90. The van der Waals surface area contributed by atoms with Crippen LogP contribution in [0, 0.1) is 0 Å². The standard InChI is InChI=1S/C15H23N3O2S/c1-21(19,20)18-10-8-17(9-11-18)12-13-6-7-16-15-5-3-2-4-14(13)15/h2-5,13,16H,6-12H2,1H3. The summed E-state index contributed by atoms with van der Waals surface area (Å²) >= 11 is 0. The summed E-state index contributed by atoms with van der Waals surface area (Å²) in [5.74, 6) is 0.548. The number of sulfonamides is 1. The molecule has 0 radical (unpaired) electrons. The van der Waals surface area contributed by atoms with E-state index in [2.05, 4.69) is 34.5 Å². The van der Waals surface area contributed by atoms with Gasteiger partial charge in [-0.15, -0.1) is 0 Å². The molecular weight excluding hydrogens is 286 g/mol. The molecule has 2 aliphatic heterocycles. The number of hydrogen-bond acceptors (Lipinski definition) is 4. The maximum atomic E-state index is 11.5. The summed E-state index contributed by atoms with van der Waals surface area (Å²) in [6, 6.07) is 8.52. The maximum absolute atomic E-state index is 11.5. The number of piperazine rings is 1. The fourth-order valence-corrected chi connectivity index (χ4v) is 4.12. The molecular formula is C15H23N3O2S. The number of hydrogen-bond donors (Lipinski definition) is 1. The van der Waals surface area contributed by atoms with Gasteiger partial charge in [0.2, 0.25) is 10.0 Å². The largest absolute Gasteiger partial charge is 0.385 e. The summed E-state index contributed by atoms with van der Waals surface area (Å²) in [5.41, 5.74) is 2.65. The van der Waals surface area contributed by atoms with Crippen LogP contribution in [-0.2, 0) is 10.0 Å². The van der Waals surface area contributed by atoms with Crippen LogP contribution in [0.4, 0.5) is 5.69 Å². The second-order valence-corrected chi connectivity index (χ2v) is 7.94. The summed E-state index contributed by atoms with van der Waals surface area (Å²) < 4.78 is 24.7. The molecule has 1 aromatic carbocycles. The van der Waals surface area contributed by atoms with E-state index in [0.717, 1.165) is 32.6 Å². The number of anilines is 1. The molecule has 0 saturated carbocycles. The fraction of sp³-hybridized carbons (Fsp3) is 0.600. The molecule has 0 spiro atoms. The van der Waals surface area contributed by atoms with Crippen LogP contribution in [0.2, 0.25) is 0 Å². The van der Waals surface area contributed by atoms with Crippen molar-refractivity contribution in [2.45, 2.75) is 12.3 Å². The third-order valence-corrected chi connectivity index (χ3v) is 5.79. The molecule has 6 heteroatoms. The first-order chi connectivity index (χ1) is 10.0. The van der Waals surface area contributed by atoms with E-state index in [0.29, 0.717) is 19.0 Å². The van der Waals surface area contributed by atoms with E-state index in [9.17, 15) is 8.42 Å². The lowest BCUT2D eigenvalue weighted by molar-refractivity contribution is 0.177. The Morgan fingerprint density at radius 2 is 1.90 bits per heavy atom. The zero-order chi connectivity index (χ0) is 14.9. The summed E-state index contributed by atoms with van der Waals surface area (Å²) in [5, 5.41) is 3.45. The van der Waals surface area contributed by atoms with Crippen molar-refractivity contribution in [3.63, 3.8) is 0 Å². The second kappa shape index (κ2) is 5.94. The van der Waals surface area contributed by atoms with E-state index in [1.807, 2.05) is 0 Å². The molecule has 1 unspecified atom stereocenters. The van der Waals surface area contributed by atoms with Crippen LogP contribution in [0.1, 0.15) is 17.9 Å². The number of nitrogens with one attached hydrogen (secondary N) is 1. The number of nitrogens with zero attached hydrogens (tertiary/aromatic N) is 2. The van der Waals surface area contributed by atoms with Gasteiger partial charge in [-0.25, -0.2) is 8.42 Å². The molecule has 1 N–H and O–H groups in total. The van der Waals surface area contributed by atoms with Crippen LogP contribution in [-0.4, -0.2) is 63.1 Å². The van der Waals surface area contributed by atoms with Gasteiger partial charge in [0.05, 0.1) is 6.26 Å². The first kappa shape index (κ1) is 14.8. The fourth-order valence-electron chi connectivity index (χ4n) is 3.30. The van der Waals surface area contributed by atoms with Crippen molar-refractivity contribution in [2.24, 2.45) is 0 Å². The molecule has 0 aliphatic carbocycles. The second-order valence-electron chi connectivity index (χ2n) is 5.96. The Morgan fingerprint density at radius 1 is 1.19 bits per heavy atom. The van der Waals surface area contributed by atoms with Gasteiger partial charge in [0.25, 0.3) is 0 Å².